The summed E-state index contributed by atoms with van der Waals surface area (Å²) in [5.41, 5.74) is 3.77. The molecule has 0 spiro atoms. The topological polar surface area (TPSA) is 34.1 Å². The Morgan fingerprint density at radius 1 is 0.720 bits per heavy atom. The van der Waals surface area contributed by atoms with Crippen molar-refractivity contribution in [3.05, 3.63) is 93.8 Å². The van der Waals surface area contributed by atoms with Gasteiger partial charge in [-0.15, -0.1) is 11.8 Å². The van der Waals surface area contributed by atoms with Crippen LogP contribution in [0.1, 0.15) is 45.7 Å². The van der Waals surface area contributed by atoms with E-state index in [9.17, 15) is 9.59 Å². The van der Waals surface area contributed by atoms with E-state index in [1.807, 2.05) is 48.5 Å². The number of hydrogen-bond acceptors (Lipinski definition) is 3. The van der Waals surface area contributed by atoms with E-state index in [0.717, 1.165) is 12.8 Å². The van der Waals surface area contributed by atoms with Gasteiger partial charge < -0.3 is 0 Å². The predicted octanol–water partition coefficient (Wildman–Crippen LogP) is 5.64. The quantitative estimate of drug-likeness (QED) is 0.456. The number of carbonyl (C=O) groups excluding carboxylic acids is 2. The molecule has 0 saturated carbocycles. The summed E-state index contributed by atoms with van der Waals surface area (Å²) in [6, 6.07) is 15.2. The van der Waals surface area contributed by atoms with Gasteiger partial charge in [-0.2, -0.15) is 0 Å². The van der Waals surface area contributed by atoms with Crippen LogP contribution in [0.3, 0.4) is 0 Å². The Bertz CT molecular complexity index is 701. The summed E-state index contributed by atoms with van der Waals surface area (Å²) >= 11 is 1.31. The van der Waals surface area contributed by atoms with E-state index in [1.165, 1.54) is 35.0 Å². The van der Waals surface area contributed by atoms with Crippen LogP contribution in [-0.4, -0.2) is 11.6 Å². The SMILES string of the molecule is CCc1ccc(C(=O)/C=C\S/C=C\C(=O)c2ccc(CC)cc2)cc1. The molecule has 0 aromatic heterocycles. The first kappa shape index (κ1) is 18.9. The first-order chi connectivity index (χ1) is 12.1. The van der Waals surface area contributed by atoms with Crippen LogP contribution in [0.25, 0.3) is 0 Å². The number of benzene rings is 2. The minimum atomic E-state index is -0.0370. The number of aryl methyl sites for hydroxylation is 2. The Morgan fingerprint density at radius 2 is 1.08 bits per heavy atom. The van der Waals surface area contributed by atoms with Crippen molar-refractivity contribution in [1.82, 2.24) is 0 Å². The molecule has 2 nitrogen and oxygen atoms in total. The molecule has 0 amide bonds. The average molecular weight is 350 g/mol. The molecule has 0 fully saturated rings. The minimum absolute atomic E-state index is 0.0370. The van der Waals surface area contributed by atoms with E-state index in [4.69, 9.17) is 0 Å². The highest BCUT2D eigenvalue weighted by atomic mass is 32.2. The van der Waals surface area contributed by atoms with E-state index in [1.54, 1.807) is 10.8 Å². The average Bonchev–Trinajstić information content (AvgIpc) is 2.67. The van der Waals surface area contributed by atoms with Crippen molar-refractivity contribution in [1.29, 1.82) is 0 Å². The van der Waals surface area contributed by atoms with Crippen molar-refractivity contribution in [2.24, 2.45) is 0 Å². The first-order valence-corrected chi connectivity index (χ1v) is 9.33. The molecule has 25 heavy (non-hydrogen) atoms. The van der Waals surface area contributed by atoms with Crippen molar-refractivity contribution in [3.63, 3.8) is 0 Å². The summed E-state index contributed by atoms with van der Waals surface area (Å²) in [6.45, 7) is 4.17. The first-order valence-electron chi connectivity index (χ1n) is 8.39. The van der Waals surface area contributed by atoms with Crippen LogP contribution in [0.15, 0.2) is 71.5 Å². The summed E-state index contributed by atoms with van der Waals surface area (Å²) in [6.07, 6.45) is 4.97. The highest BCUT2D eigenvalue weighted by molar-refractivity contribution is 8.04. The molecule has 0 unspecified atom stereocenters. The van der Waals surface area contributed by atoms with Gasteiger partial charge in [-0.1, -0.05) is 62.4 Å². The van der Waals surface area contributed by atoms with Crippen LogP contribution < -0.4 is 0 Å². The smallest absolute Gasteiger partial charge is 0.186 e. The molecule has 3 heteroatoms. The molecular weight excluding hydrogens is 328 g/mol. The van der Waals surface area contributed by atoms with Crippen LogP contribution in [0.4, 0.5) is 0 Å². The molecule has 2 aromatic rings. The number of ketones is 2. The molecule has 0 heterocycles. The van der Waals surface area contributed by atoms with Crippen LogP contribution >= 0.6 is 11.8 Å². The van der Waals surface area contributed by atoms with Crippen molar-refractivity contribution in [2.75, 3.05) is 0 Å². The largest absolute Gasteiger partial charge is 0.289 e. The third-order valence-corrected chi connectivity index (χ3v) is 4.48. The monoisotopic (exact) mass is 350 g/mol. The number of thioether (sulfide) groups is 1. The van der Waals surface area contributed by atoms with Crippen molar-refractivity contribution < 1.29 is 9.59 Å². The Morgan fingerprint density at radius 3 is 1.40 bits per heavy atom. The lowest BCUT2D eigenvalue weighted by atomic mass is 10.1. The summed E-state index contributed by atoms with van der Waals surface area (Å²) < 4.78 is 0. The van der Waals surface area contributed by atoms with E-state index >= 15 is 0 Å². The molecule has 0 saturated heterocycles. The molecular formula is C22H22O2S. The highest BCUT2D eigenvalue weighted by Crippen LogP contribution is 2.11. The normalized spacial score (nSPS) is 11.3. The zero-order valence-electron chi connectivity index (χ0n) is 14.6. The second-order valence-electron chi connectivity index (χ2n) is 5.57. The maximum absolute atomic E-state index is 12.0. The van der Waals surface area contributed by atoms with Crippen molar-refractivity contribution in [2.45, 2.75) is 26.7 Å². The van der Waals surface area contributed by atoms with E-state index in [2.05, 4.69) is 13.8 Å². The lowest BCUT2D eigenvalue weighted by Gasteiger charge is -1.98. The van der Waals surface area contributed by atoms with Crippen LogP contribution in [0.2, 0.25) is 0 Å². The molecule has 0 aliphatic carbocycles. The van der Waals surface area contributed by atoms with Gasteiger partial charge in [-0.25, -0.2) is 0 Å². The van der Waals surface area contributed by atoms with Gasteiger partial charge in [0, 0.05) is 11.1 Å². The van der Waals surface area contributed by atoms with E-state index in [0.29, 0.717) is 11.1 Å². The number of allylic oxidation sites excluding steroid dienone is 2. The molecule has 2 aromatic carbocycles. The zero-order chi connectivity index (χ0) is 18.1. The Hall–Kier alpha value is -2.39. The van der Waals surface area contributed by atoms with Gasteiger partial charge >= 0.3 is 0 Å². The fourth-order valence-corrected chi connectivity index (χ4v) is 2.74. The van der Waals surface area contributed by atoms with Gasteiger partial charge in [0.15, 0.2) is 11.6 Å². The number of hydrogen-bond donors (Lipinski definition) is 0. The summed E-state index contributed by atoms with van der Waals surface area (Å²) in [5.74, 6) is -0.0740. The van der Waals surface area contributed by atoms with Gasteiger partial charge in [0.25, 0.3) is 0 Å². The fourth-order valence-electron chi connectivity index (χ4n) is 2.25. The third kappa shape index (κ3) is 5.87. The molecule has 0 atom stereocenters. The van der Waals surface area contributed by atoms with Gasteiger partial charge in [0.1, 0.15) is 0 Å². The molecule has 0 aliphatic rings. The Kier molecular flexibility index (Phi) is 7.42. The predicted molar refractivity (Wildman–Crippen MR) is 106 cm³/mol. The fraction of sp³-hybridized carbons (Fsp3) is 0.182. The van der Waals surface area contributed by atoms with E-state index in [-0.39, 0.29) is 11.6 Å². The maximum Gasteiger partial charge on any atom is 0.186 e. The molecule has 128 valence electrons. The molecule has 0 radical (unpaired) electrons. The molecule has 0 bridgehead atoms. The van der Waals surface area contributed by atoms with E-state index < -0.39 is 0 Å². The second-order valence-corrected chi connectivity index (χ2v) is 6.39. The van der Waals surface area contributed by atoms with Gasteiger partial charge in [0.2, 0.25) is 0 Å². The van der Waals surface area contributed by atoms with Crippen molar-refractivity contribution >= 4 is 23.3 Å². The maximum atomic E-state index is 12.0. The van der Waals surface area contributed by atoms with Crippen LogP contribution in [0.5, 0.6) is 0 Å². The van der Waals surface area contributed by atoms with Crippen molar-refractivity contribution in [3.8, 4) is 0 Å². The summed E-state index contributed by atoms with van der Waals surface area (Å²) in [4.78, 5) is 24.1. The van der Waals surface area contributed by atoms with Gasteiger partial charge in [-0.05, 0) is 46.9 Å². The Balaban J connectivity index is 1.85. The third-order valence-electron chi connectivity index (χ3n) is 3.89. The number of rotatable bonds is 8. The molecule has 0 N–H and O–H groups in total. The van der Waals surface area contributed by atoms with Gasteiger partial charge in [-0.3, -0.25) is 9.59 Å². The van der Waals surface area contributed by atoms with Crippen LogP contribution in [-0.2, 0) is 12.8 Å². The number of carbonyl (C=O) groups is 2. The highest BCUT2D eigenvalue weighted by Gasteiger charge is 2.02. The Labute approximate surface area is 153 Å². The van der Waals surface area contributed by atoms with Crippen LogP contribution in [0, 0.1) is 0 Å². The summed E-state index contributed by atoms with van der Waals surface area (Å²) in [7, 11) is 0. The second kappa shape index (κ2) is 9.80. The van der Waals surface area contributed by atoms with Gasteiger partial charge in [0.05, 0.1) is 0 Å². The summed E-state index contributed by atoms with van der Waals surface area (Å²) in [5, 5.41) is 3.39. The standard InChI is InChI=1S/C22H22O2S/c1-3-17-5-9-19(10-6-17)21(23)13-15-25-16-14-22(24)20-11-7-18(4-2)8-12-20/h5-16H,3-4H2,1-2H3/b15-13-,16-14-. The zero-order valence-corrected chi connectivity index (χ0v) is 15.4. The minimum Gasteiger partial charge on any atom is -0.289 e. The molecule has 0 aliphatic heterocycles. The lowest BCUT2D eigenvalue weighted by molar-refractivity contribution is 0.103. The lowest BCUT2D eigenvalue weighted by Crippen LogP contribution is -1.94. The molecule has 2 rings (SSSR count).